The molecule has 4 rings (SSSR count). The molecule has 2 aliphatic rings. The molecule has 1 fully saturated rings. The van der Waals surface area contributed by atoms with Crippen LogP contribution in [0.4, 0.5) is 0 Å². The van der Waals surface area contributed by atoms with Gasteiger partial charge in [-0.15, -0.1) is 23.7 Å². The number of methoxy groups -OCH3 is 1. The third-order valence-corrected chi connectivity index (χ3v) is 6.71. The molecule has 1 saturated heterocycles. The molecule has 29 heavy (non-hydrogen) atoms. The van der Waals surface area contributed by atoms with Crippen molar-refractivity contribution in [2.75, 3.05) is 20.2 Å². The topological polar surface area (TPSA) is 38.8 Å². The summed E-state index contributed by atoms with van der Waals surface area (Å²) in [6.07, 6.45) is 2.43. The number of likely N-dealkylation sites (tertiary alicyclic amines) is 1. The van der Waals surface area contributed by atoms with E-state index < -0.39 is 0 Å². The standard InChI is InChI=1S/C23H27NO3S.ClH/c1-15(2)24-9-6-17(7-10-24)22-19-12-16(13-21(25)26-3)4-5-20(19)27-14-18-8-11-28-23(18)22;/h4-5,8,11-12,15H,6-7,9-10,13-14H2,1-3H3;1H. The highest BCUT2D eigenvalue weighted by atomic mass is 35.5. The van der Waals surface area contributed by atoms with Crippen LogP contribution in [0.1, 0.15) is 48.3 Å². The maximum Gasteiger partial charge on any atom is 0.309 e. The summed E-state index contributed by atoms with van der Waals surface area (Å²) in [6, 6.07) is 8.86. The van der Waals surface area contributed by atoms with Crippen LogP contribution in [0.3, 0.4) is 0 Å². The monoisotopic (exact) mass is 433 g/mol. The van der Waals surface area contributed by atoms with Gasteiger partial charge in [-0.05, 0) is 55.8 Å². The van der Waals surface area contributed by atoms with Gasteiger partial charge in [-0.1, -0.05) is 11.6 Å². The molecule has 156 valence electrons. The minimum Gasteiger partial charge on any atom is -0.488 e. The summed E-state index contributed by atoms with van der Waals surface area (Å²) >= 11 is 1.79. The highest BCUT2D eigenvalue weighted by Gasteiger charge is 2.26. The summed E-state index contributed by atoms with van der Waals surface area (Å²) in [7, 11) is 1.43. The van der Waals surface area contributed by atoms with E-state index in [-0.39, 0.29) is 24.8 Å². The van der Waals surface area contributed by atoms with Crippen LogP contribution in [-0.4, -0.2) is 37.1 Å². The zero-order valence-electron chi connectivity index (χ0n) is 17.2. The first-order valence-corrected chi connectivity index (χ1v) is 10.8. The molecule has 6 heteroatoms. The van der Waals surface area contributed by atoms with Gasteiger partial charge in [-0.2, -0.15) is 0 Å². The lowest BCUT2D eigenvalue weighted by atomic mass is 9.89. The average molecular weight is 434 g/mol. The molecule has 0 bridgehead atoms. The number of thiophene rings is 1. The number of benzene rings is 1. The number of esters is 1. The van der Waals surface area contributed by atoms with Crippen LogP contribution in [0, 0.1) is 0 Å². The first-order valence-electron chi connectivity index (χ1n) is 9.92. The first-order chi connectivity index (χ1) is 13.6. The second-order valence-electron chi connectivity index (χ2n) is 7.76. The van der Waals surface area contributed by atoms with E-state index in [4.69, 9.17) is 9.47 Å². The lowest BCUT2D eigenvalue weighted by Crippen LogP contribution is -2.36. The quantitative estimate of drug-likeness (QED) is 0.632. The smallest absolute Gasteiger partial charge is 0.309 e. The molecule has 4 nitrogen and oxygen atoms in total. The van der Waals surface area contributed by atoms with E-state index >= 15 is 0 Å². The summed E-state index contributed by atoms with van der Waals surface area (Å²) in [6.45, 7) is 7.31. The van der Waals surface area contributed by atoms with Crippen molar-refractivity contribution in [1.82, 2.24) is 4.90 Å². The van der Waals surface area contributed by atoms with Crippen molar-refractivity contribution >= 4 is 35.3 Å². The molecule has 1 aromatic carbocycles. The molecule has 3 heterocycles. The van der Waals surface area contributed by atoms with Gasteiger partial charge in [0, 0.05) is 40.7 Å². The third kappa shape index (κ3) is 4.52. The molecule has 0 N–H and O–H groups in total. The van der Waals surface area contributed by atoms with E-state index in [1.165, 1.54) is 28.7 Å². The number of nitrogens with zero attached hydrogens (tertiary/aromatic N) is 1. The van der Waals surface area contributed by atoms with E-state index in [1.807, 2.05) is 12.1 Å². The molecule has 2 aromatic rings. The Kier molecular flexibility index (Phi) is 7.04. The van der Waals surface area contributed by atoms with Crippen LogP contribution in [0.25, 0.3) is 5.57 Å². The van der Waals surface area contributed by atoms with E-state index in [9.17, 15) is 4.79 Å². The molecule has 1 aromatic heterocycles. The third-order valence-electron chi connectivity index (χ3n) is 5.73. The molecule has 2 aliphatic heterocycles. The number of hydrogen-bond acceptors (Lipinski definition) is 5. The number of ether oxygens (including phenoxy) is 2. The molecule has 0 saturated carbocycles. The van der Waals surface area contributed by atoms with Gasteiger partial charge < -0.3 is 14.4 Å². The first kappa shape index (κ1) is 21.9. The van der Waals surface area contributed by atoms with Crippen molar-refractivity contribution in [1.29, 1.82) is 0 Å². The fraction of sp³-hybridized carbons (Fsp3) is 0.435. The second kappa shape index (κ2) is 9.33. The van der Waals surface area contributed by atoms with E-state index in [2.05, 4.69) is 36.3 Å². The Bertz CT molecular complexity index is 909. The van der Waals surface area contributed by atoms with E-state index in [0.29, 0.717) is 12.6 Å². The van der Waals surface area contributed by atoms with Crippen molar-refractivity contribution in [2.24, 2.45) is 0 Å². The van der Waals surface area contributed by atoms with Gasteiger partial charge in [-0.3, -0.25) is 4.79 Å². The summed E-state index contributed by atoms with van der Waals surface area (Å²) in [5, 5.41) is 2.15. The molecule has 0 radical (unpaired) electrons. The van der Waals surface area contributed by atoms with Gasteiger partial charge in [0.2, 0.25) is 0 Å². The van der Waals surface area contributed by atoms with Crippen molar-refractivity contribution in [3.8, 4) is 5.75 Å². The SMILES string of the molecule is COC(=O)Cc1ccc2c(c1)C(=C1CCN(C(C)C)CC1)c1sccc1CO2.Cl. The van der Waals surface area contributed by atoms with Crippen LogP contribution in [-0.2, 0) is 22.6 Å². The van der Waals surface area contributed by atoms with Crippen molar-refractivity contribution < 1.29 is 14.3 Å². The van der Waals surface area contributed by atoms with Crippen molar-refractivity contribution in [3.63, 3.8) is 0 Å². The van der Waals surface area contributed by atoms with Gasteiger partial charge in [0.25, 0.3) is 0 Å². The van der Waals surface area contributed by atoms with E-state index in [0.717, 1.165) is 42.8 Å². The number of fused-ring (bicyclic) bond motifs is 2. The predicted molar refractivity (Wildman–Crippen MR) is 120 cm³/mol. The minimum atomic E-state index is -0.217. The lowest BCUT2D eigenvalue weighted by Gasteiger charge is -2.32. The maximum atomic E-state index is 11.8. The zero-order chi connectivity index (χ0) is 19.7. The fourth-order valence-electron chi connectivity index (χ4n) is 4.11. The van der Waals surface area contributed by atoms with E-state index in [1.54, 1.807) is 11.3 Å². The molecule has 0 atom stereocenters. The van der Waals surface area contributed by atoms with Gasteiger partial charge in [0.1, 0.15) is 12.4 Å². The fourth-order valence-corrected chi connectivity index (χ4v) is 5.12. The van der Waals surface area contributed by atoms with Gasteiger partial charge >= 0.3 is 5.97 Å². The number of rotatable bonds is 3. The van der Waals surface area contributed by atoms with Crippen molar-refractivity contribution in [3.05, 3.63) is 56.8 Å². The Morgan fingerprint density at radius 3 is 2.69 bits per heavy atom. The Balaban J connectivity index is 0.00000240. The van der Waals surface area contributed by atoms with Crippen LogP contribution >= 0.6 is 23.7 Å². The maximum absolute atomic E-state index is 11.8. The predicted octanol–water partition coefficient (Wildman–Crippen LogP) is 5.08. The summed E-state index contributed by atoms with van der Waals surface area (Å²) in [4.78, 5) is 15.7. The molecule has 0 amide bonds. The average Bonchev–Trinajstić information content (AvgIpc) is 3.10. The molecular weight excluding hydrogens is 406 g/mol. The largest absolute Gasteiger partial charge is 0.488 e. The number of piperidine rings is 1. The molecule has 0 aliphatic carbocycles. The Hall–Kier alpha value is -1.82. The number of halogens is 1. The van der Waals surface area contributed by atoms with Crippen LogP contribution in [0.5, 0.6) is 5.75 Å². The highest BCUT2D eigenvalue weighted by molar-refractivity contribution is 7.11. The Labute approximate surface area is 182 Å². The number of hydrogen-bond donors (Lipinski definition) is 0. The summed E-state index contributed by atoms with van der Waals surface area (Å²) < 4.78 is 11.0. The number of carbonyl (C=O) groups excluding carboxylic acids is 1. The lowest BCUT2D eigenvalue weighted by molar-refractivity contribution is -0.139. The molecular formula is C23H28ClNO3S. The van der Waals surface area contributed by atoms with Gasteiger partial charge in [-0.25, -0.2) is 0 Å². The molecule has 0 unspecified atom stereocenters. The Morgan fingerprint density at radius 2 is 2.00 bits per heavy atom. The number of carbonyl (C=O) groups is 1. The second-order valence-corrected chi connectivity index (χ2v) is 8.67. The van der Waals surface area contributed by atoms with Crippen LogP contribution in [0.2, 0.25) is 0 Å². The normalized spacial score (nSPS) is 16.4. The summed E-state index contributed by atoms with van der Waals surface area (Å²) in [5.41, 5.74) is 6.17. The van der Waals surface area contributed by atoms with Gasteiger partial charge in [0.05, 0.1) is 13.5 Å². The minimum absolute atomic E-state index is 0. The summed E-state index contributed by atoms with van der Waals surface area (Å²) in [5.74, 6) is 0.691. The zero-order valence-corrected chi connectivity index (χ0v) is 18.8. The van der Waals surface area contributed by atoms with Crippen LogP contribution in [0.15, 0.2) is 35.2 Å². The highest BCUT2D eigenvalue weighted by Crippen LogP contribution is 2.43. The Morgan fingerprint density at radius 1 is 1.24 bits per heavy atom. The molecule has 0 spiro atoms. The van der Waals surface area contributed by atoms with Crippen LogP contribution < -0.4 is 4.74 Å². The van der Waals surface area contributed by atoms with Gasteiger partial charge in [0.15, 0.2) is 0 Å². The van der Waals surface area contributed by atoms with Crippen molar-refractivity contribution in [2.45, 2.75) is 45.8 Å².